The molecule has 0 bridgehead atoms. The van der Waals surface area contributed by atoms with Crippen LogP contribution in [0.4, 0.5) is 0 Å². The highest BCUT2D eigenvalue weighted by atomic mass is 15.0. The minimum absolute atomic E-state index is 0.554. The van der Waals surface area contributed by atoms with Gasteiger partial charge in [0.15, 0.2) is 0 Å². The number of unbranched alkanes of at least 4 members (excludes halogenated alkanes) is 2. The van der Waals surface area contributed by atoms with Crippen molar-refractivity contribution in [1.29, 1.82) is 0 Å². The summed E-state index contributed by atoms with van der Waals surface area (Å²) in [6, 6.07) is 12.3. The van der Waals surface area contributed by atoms with Crippen LogP contribution in [0.5, 0.6) is 0 Å². The average Bonchev–Trinajstić information content (AvgIpc) is 2.47. The summed E-state index contributed by atoms with van der Waals surface area (Å²) in [6.45, 7) is 4.69. The van der Waals surface area contributed by atoms with Gasteiger partial charge in [0.1, 0.15) is 0 Å². The summed E-state index contributed by atoms with van der Waals surface area (Å²) < 4.78 is 0. The Kier molecular flexibility index (Phi) is 6.59. The predicted molar refractivity (Wildman–Crippen MR) is 87.9 cm³/mol. The van der Waals surface area contributed by atoms with Gasteiger partial charge in [-0.15, -0.1) is 0 Å². The fourth-order valence-corrected chi connectivity index (χ4v) is 3.50. The van der Waals surface area contributed by atoms with Gasteiger partial charge in [0.2, 0.25) is 0 Å². The van der Waals surface area contributed by atoms with Crippen LogP contribution in [0.15, 0.2) is 30.3 Å². The van der Waals surface area contributed by atoms with E-state index in [2.05, 4.69) is 49.5 Å². The number of nitrogens with one attached hydrogen (secondary N) is 1. The van der Waals surface area contributed by atoms with Gasteiger partial charge in [-0.1, -0.05) is 76.3 Å². The van der Waals surface area contributed by atoms with E-state index in [1.807, 2.05) is 0 Å². The van der Waals surface area contributed by atoms with E-state index in [0.717, 1.165) is 12.0 Å². The van der Waals surface area contributed by atoms with Crippen LogP contribution in [0, 0.1) is 5.92 Å². The summed E-state index contributed by atoms with van der Waals surface area (Å²) in [5.41, 5.74) is 1.47. The maximum absolute atomic E-state index is 3.96. The number of benzene rings is 1. The van der Waals surface area contributed by atoms with Crippen LogP contribution in [-0.4, -0.2) is 6.04 Å². The molecule has 2 rings (SSSR count). The van der Waals surface area contributed by atoms with Gasteiger partial charge in [-0.25, -0.2) is 0 Å². The Balaban J connectivity index is 1.95. The molecular formula is C19H31N. The normalized spacial score (nSPS) is 24.5. The van der Waals surface area contributed by atoms with Crippen LogP contribution >= 0.6 is 0 Å². The fourth-order valence-electron chi connectivity index (χ4n) is 3.50. The molecule has 1 fully saturated rings. The smallest absolute Gasteiger partial charge is 0.0322 e. The first kappa shape index (κ1) is 15.6. The molecule has 0 heterocycles. The molecule has 1 nitrogen and oxygen atoms in total. The molecular weight excluding hydrogens is 242 g/mol. The van der Waals surface area contributed by atoms with Crippen LogP contribution in [0.2, 0.25) is 0 Å². The largest absolute Gasteiger partial charge is 0.307 e. The fraction of sp³-hybridized carbons (Fsp3) is 0.684. The van der Waals surface area contributed by atoms with Gasteiger partial charge < -0.3 is 5.32 Å². The molecule has 0 amide bonds. The quantitative estimate of drug-likeness (QED) is 0.649. The molecule has 3 unspecified atom stereocenters. The zero-order valence-corrected chi connectivity index (χ0v) is 13.3. The molecule has 0 saturated heterocycles. The summed E-state index contributed by atoms with van der Waals surface area (Å²) in [6.07, 6.45) is 10.8. The molecule has 1 heteroatoms. The van der Waals surface area contributed by atoms with Crippen LogP contribution in [0.25, 0.3) is 0 Å². The van der Waals surface area contributed by atoms with Gasteiger partial charge in [0, 0.05) is 12.1 Å². The van der Waals surface area contributed by atoms with Crippen molar-refractivity contribution in [3.63, 3.8) is 0 Å². The Morgan fingerprint density at radius 1 is 1.15 bits per heavy atom. The summed E-state index contributed by atoms with van der Waals surface area (Å²) in [4.78, 5) is 0. The molecule has 0 spiro atoms. The van der Waals surface area contributed by atoms with E-state index in [9.17, 15) is 0 Å². The highest BCUT2D eigenvalue weighted by Crippen LogP contribution is 2.27. The second kappa shape index (κ2) is 8.46. The molecule has 0 aromatic heterocycles. The number of rotatable bonds is 7. The van der Waals surface area contributed by atoms with Gasteiger partial charge in [-0.05, 0) is 30.7 Å². The van der Waals surface area contributed by atoms with Crippen LogP contribution in [0.3, 0.4) is 0 Å². The third-order valence-electron chi connectivity index (χ3n) is 4.67. The van der Waals surface area contributed by atoms with Gasteiger partial charge in [-0.3, -0.25) is 0 Å². The van der Waals surface area contributed by atoms with Gasteiger partial charge >= 0.3 is 0 Å². The molecule has 1 aliphatic rings. The van der Waals surface area contributed by atoms with Crippen molar-refractivity contribution < 1.29 is 0 Å². The Morgan fingerprint density at radius 2 is 1.95 bits per heavy atom. The maximum Gasteiger partial charge on any atom is 0.0322 e. The van der Waals surface area contributed by atoms with Crippen LogP contribution in [0.1, 0.15) is 76.8 Å². The summed E-state index contributed by atoms with van der Waals surface area (Å²) in [5, 5.41) is 3.96. The van der Waals surface area contributed by atoms with E-state index in [1.165, 1.54) is 56.9 Å². The monoisotopic (exact) mass is 273 g/mol. The van der Waals surface area contributed by atoms with Crippen LogP contribution < -0.4 is 5.32 Å². The van der Waals surface area contributed by atoms with Crippen molar-refractivity contribution in [1.82, 2.24) is 5.32 Å². The maximum atomic E-state index is 3.96. The molecule has 1 aromatic rings. The Bertz CT molecular complexity index is 359. The zero-order chi connectivity index (χ0) is 14.2. The molecule has 1 N–H and O–H groups in total. The topological polar surface area (TPSA) is 12.0 Å². The summed E-state index contributed by atoms with van der Waals surface area (Å²) in [5.74, 6) is 0.897. The minimum atomic E-state index is 0.554. The molecule has 0 radical (unpaired) electrons. The van der Waals surface area contributed by atoms with Gasteiger partial charge in [0.25, 0.3) is 0 Å². The lowest BCUT2D eigenvalue weighted by molar-refractivity contribution is 0.274. The Hall–Kier alpha value is -0.820. The minimum Gasteiger partial charge on any atom is -0.307 e. The SMILES string of the molecule is CCCCCC(NC1CCCC(C)C1)c1ccccc1. The van der Waals surface area contributed by atoms with E-state index in [-0.39, 0.29) is 0 Å². The lowest BCUT2D eigenvalue weighted by Gasteiger charge is -2.32. The highest BCUT2D eigenvalue weighted by Gasteiger charge is 2.22. The van der Waals surface area contributed by atoms with Crippen molar-refractivity contribution in [2.75, 3.05) is 0 Å². The predicted octanol–water partition coefficient (Wildman–Crippen LogP) is 5.48. The highest BCUT2D eigenvalue weighted by molar-refractivity contribution is 5.19. The van der Waals surface area contributed by atoms with Gasteiger partial charge in [0.05, 0.1) is 0 Å². The molecule has 0 aliphatic heterocycles. The van der Waals surface area contributed by atoms with Crippen LogP contribution in [-0.2, 0) is 0 Å². The van der Waals surface area contributed by atoms with Crippen molar-refractivity contribution in [3.05, 3.63) is 35.9 Å². The lowest BCUT2D eigenvalue weighted by atomic mass is 9.86. The molecule has 112 valence electrons. The van der Waals surface area contributed by atoms with E-state index in [1.54, 1.807) is 0 Å². The first-order valence-corrected chi connectivity index (χ1v) is 8.60. The van der Waals surface area contributed by atoms with Crippen molar-refractivity contribution in [2.45, 2.75) is 77.3 Å². The first-order chi connectivity index (χ1) is 9.79. The lowest BCUT2D eigenvalue weighted by Crippen LogP contribution is -2.36. The average molecular weight is 273 g/mol. The molecule has 1 aliphatic carbocycles. The third kappa shape index (κ3) is 4.94. The molecule has 3 atom stereocenters. The molecule has 20 heavy (non-hydrogen) atoms. The standard InChI is InChI=1S/C19H31N/c1-3-4-6-14-19(17-11-7-5-8-12-17)20-18-13-9-10-16(2)15-18/h5,7-8,11-12,16,18-20H,3-4,6,9-10,13-15H2,1-2H3. The zero-order valence-electron chi connectivity index (χ0n) is 13.3. The number of hydrogen-bond donors (Lipinski definition) is 1. The second-order valence-corrected chi connectivity index (χ2v) is 6.59. The van der Waals surface area contributed by atoms with E-state index in [0.29, 0.717) is 6.04 Å². The van der Waals surface area contributed by atoms with Crippen molar-refractivity contribution in [3.8, 4) is 0 Å². The second-order valence-electron chi connectivity index (χ2n) is 6.59. The number of hydrogen-bond acceptors (Lipinski definition) is 1. The van der Waals surface area contributed by atoms with E-state index in [4.69, 9.17) is 0 Å². The van der Waals surface area contributed by atoms with E-state index >= 15 is 0 Å². The van der Waals surface area contributed by atoms with Crippen molar-refractivity contribution in [2.24, 2.45) is 5.92 Å². The molecule has 1 saturated carbocycles. The Labute approximate surface area is 125 Å². The van der Waals surface area contributed by atoms with Gasteiger partial charge in [-0.2, -0.15) is 0 Å². The van der Waals surface area contributed by atoms with Crippen molar-refractivity contribution >= 4 is 0 Å². The first-order valence-electron chi connectivity index (χ1n) is 8.60. The third-order valence-corrected chi connectivity index (χ3v) is 4.67. The van der Waals surface area contributed by atoms with E-state index < -0.39 is 0 Å². The Morgan fingerprint density at radius 3 is 2.65 bits per heavy atom. The molecule has 1 aromatic carbocycles. The summed E-state index contributed by atoms with van der Waals surface area (Å²) in [7, 11) is 0. The summed E-state index contributed by atoms with van der Waals surface area (Å²) >= 11 is 0.